The van der Waals surface area contributed by atoms with Gasteiger partial charge in [0, 0.05) is 31.3 Å². The van der Waals surface area contributed by atoms with Crippen LogP contribution in [0.1, 0.15) is 0 Å². The molecule has 132 valence electrons. The largest absolute Gasteiger partial charge is 0.436 e. The second-order valence-electron chi connectivity index (χ2n) is 6.81. The predicted molar refractivity (Wildman–Crippen MR) is 118 cm³/mol. The van der Waals surface area contributed by atoms with E-state index in [1.54, 1.807) is 0 Å². The fourth-order valence-electron chi connectivity index (χ4n) is 3.85. The number of aromatic nitrogens is 1. The zero-order chi connectivity index (χ0) is 18.5. The molecule has 0 bridgehead atoms. The van der Waals surface area contributed by atoms with Crippen LogP contribution in [0.4, 0.5) is 0 Å². The zero-order valence-corrected chi connectivity index (χ0v) is 15.7. The smallest absolute Gasteiger partial charge is 0.227 e. The van der Waals surface area contributed by atoms with Gasteiger partial charge in [0.05, 0.1) is 0 Å². The molecule has 0 aliphatic carbocycles. The summed E-state index contributed by atoms with van der Waals surface area (Å²) in [4.78, 5) is 4.73. The van der Waals surface area contributed by atoms with Crippen molar-refractivity contribution >= 4 is 42.6 Å². The Bertz CT molecular complexity index is 1440. The zero-order valence-electron chi connectivity index (χ0n) is 14.9. The van der Waals surface area contributed by atoms with Crippen LogP contribution in [0.3, 0.4) is 0 Å². The van der Waals surface area contributed by atoms with Crippen LogP contribution in [0.2, 0.25) is 0 Å². The molecule has 2 aromatic heterocycles. The maximum atomic E-state index is 6.08. The highest BCUT2D eigenvalue weighted by molar-refractivity contribution is 7.26. The Balaban J connectivity index is 1.64. The molecule has 4 aromatic carbocycles. The summed E-state index contributed by atoms with van der Waals surface area (Å²) < 4.78 is 8.69. The van der Waals surface area contributed by atoms with E-state index >= 15 is 0 Å². The molecule has 0 radical (unpaired) electrons. The van der Waals surface area contributed by atoms with Crippen molar-refractivity contribution in [2.75, 3.05) is 0 Å². The van der Waals surface area contributed by atoms with E-state index in [1.165, 1.54) is 25.7 Å². The van der Waals surface area contributed by atoms with E-state index in [2.05, 4.69) is 60.7 Å². The fraction of sp³-hybridized carbons (Fsp3) is 0. The van der Waals surface area contributed by atoms with Crippen molar-refractivity contribution in [1.82, 2.24) is 4.98 Å². The summed E-state index contributed by atoms with van der Waals surface area (Å²) in [5.41, 5.74) is 5.08. The normalized spacial score (nSPS) is 11.6. The van der Waals surface area contributed by atoms with Gasteiger partial charge in [0.2, 0.25) is 5.89 Å². The molecular formula is C25H15NOS. The van der Waals surface area contributed by atoms with Gasteiger partial charge in [-0.25, -0.2) is 4.98 Å². The maximum absolute atomic E-state index is 6.08. The average Bonchev–Trinajstić information content (AvgIpc) is 3.35. The van der Waals surface area contributed by atoms with Crippen LogP contribution >= 0.6 is 11.3 Å². The summed E-state index contributed by atoms with van der Waals surface area (Å²) in [6, 6.07) is 31.4. The summed E-state index contributed by atoms with van der Waals surface area (Å²) in [6.07, 6.45) is 0. The van der Waals surface area contributed by atoms with Crippen LogP contribution in [-0.2, 0) is 0 Å². The number of hydrogen-bond donors (Lipinski definition) is 0. The first kappa shape index (κ1) is 15.6. The average molecular weight is 377 g/mol. The van der Waals surface area contributed by atoms with E-state index in [1.807, 2.05) is 41.7 Å². The van der Waals surface area contributed by atoms with Gasteiger partial charge in [0.1, 0.15) is 5.52 Å². The molecule has 0 amide bonds. The maximum Gasteiger partial charge on any atom is 0.227 e. The summed E-state index contributed by atoms with van der Waals surface area (Å²) >= 11 is 1.84. The Morgan fingerprint density at radius 3 is 2.25 bits per heavy atom. The van der Waals surface area contributed by atoms with Crippen molar-refractivity contribution in [1.29, 1.82) is 0 Å². The fourth-order valence-corrected chi connectivity index (χ4v) is 5.08. The molecule has 0 fully saturated rings. The van der Waals surface area contributed by atoms with E-state index in [-0.39, 0.29) is 0 Å². The van der Waals surface area contributed by atoms with Crippen LogP contribution in [0, 0.1) is 0 Å². The van der Waals surface area contributed by atoms with Gasteiger partial charge in [-0.2, -0.15) is 0 Å². The van der Waals surface area contributed by atoms with Gasteiger partial charge >= 0.3 is 0 Å². The number of oxazole rings is 1. The molecule has 0 saturated carbocycles. The second-order valence-corrected chi connectivity index (χ2v) is 7.87. The molecular weight excluding hydrogens is 362 g/mol. The van der Waals surface area contributed by atoms with Gasteiger partial charge in [-0.3, -0.25) is 0 Å². The second kappa shape index (κ2) is 6.04. The lowest BCUT2D eigenvalue weighted by Gasteiger charge is -2.08. The Labute approximate surface area is 165 Å². The third-order valence-electron chi connectivity index (χ3n) is 5.15. The van der Waals surface area contributed by atoms with Gasteiger partial charge in [-0.15, -0.1) is 11.3 Å². The number of thiophene rings is 1. The number of rotatable bonds is 2. The van der Waals surface area contributed by atoms with Crippen molar-refractivity contribution < 1.29 is 4.42 Å². The van der Waals surface area contributed by atoms with E-state index in [4.69, 9.17) is 9.40 Å². The third kappa shape index (κ3) is 2.30. The first-order chi connectivity index (χ1) is 13.9. The number of fused-ring (bicyclic) bond motifs is 4. The molecule has 0 N–H and O–H groups in total. The summed E-state index contributed by atoms with van der Waals surface area (Å²) in [5.74, 6) is 0.662. The van der Waals surface area contributed by atoms with Crippen LogP contribution in [0.25, 0.3) is 53.9 Å². The number of para-hydroxylation sites is 2. The van der Waals surface area contributed by atoms with Crippen molar-refractivity contribution in [3.05, 3.63) is 91.0 Å². The van der Waals surface area contributed by atoms with Gasteiger partial charge < -0.3 is 4.42 Å². The molecule has 6 rings (SSSR count). The molecule has 0 unspecified atom stereocenters. The minimum atomic E-state index is 0.662. The third-order valence-corrected chi connectivity index (χ3v) is 6.37. The van der Waals surface area contributed by atoms with Crippen LogP contribution in [0.15, 0.2) is 95.4 Å². The molecule has 2 nitrogen and oxygen atoms in total. The van der Waals surface area contributed by atoms with Crippen molar-refractivity contribution in [3.63, 3.8) is 0 Å². The quantitative estimate of drug-likeness (QED) is 0.312. The Morgan fingerprint density at radius 1 is 0.607 bits per heavy atom. The van der Waals surface area contributed by atoms with Crippen LogP contribution in [-0.4, -0.2) is 4.98 Å². The highest BCUT2D eigenvalue weighted by atomic mass is 32.1. The summed E-state index contributed by atoms with van der Waals surface area (Å²) in [7, 11) is 0. The van der Waals surface area contributed by atoms with Crippen molar-refractivity contribution in [2.45, 2.75) is 0 Å². The Kier molecular flexibility index (Phi) is 3.37. The molecule has 0 aliphatic heterocycles. The number of nitrogens with zero attached hydrogens (tertiary/aromatic N) is 1. The van der Waals surface area contributed by atoms with E-state index in [9.17, 15) is 0 Å². The lowest BCUT2D eigenvalue weighted by molar-refractivity contribution is 0.620. The van der Waals surface area contributed by atoms with Crippen molar-refractivity contribution in [2.24, 2.45) is 0 Å². The van der Waals surface area contributed by atoms with E-state index < -0.39 is 0 Å². The minimum absolute atomic E-state index is 0.662. The molecule has 0 atom stereocenters. The first-order valence-corrected chi connectivity index (χ1v) is 10.1. The SMILES string of the molecule is c1ccc(-c2cccc3c2sc2ccccc23)c(-c2nc3ccccc3o2)c1. The van der Waals surface area contributed by atoms with Gasteiger partial charge in [-0.1, -0.05) is 66.7 Å². The topological polar surface area (TPSA) is 26.0 Å². The standard InChI is InChI=1S/C25H15NOS/c1-2-10-20(25-26-21-13-4-5-14-22(21)27-25)16(8-1)18-11-7-12-19-17-9-3-6-15-23(17)28-24(18)19/h1-15H. The molecule has 2 heterocycles. The molecule has 0 saturated heterocycles. The number of hydrogen-bond acceptors (Lipinski definition) is 3. The lowest BCUT2D eigenvalue weighted by Crippen LogP contribution is -1.85. The molecule has 0 spiro atoms. The predicted octanol–water partition coefficient (Wildman–Crippen LogP) is 7.53. The Hall–Kier alpha value is -3.43. The molecule has 28 heavy (non-hydrogen) atoms. The first-order valence-electron chi connectivity index (χ1n) is 9.24. The minimum Gasteiger partial charge on any atom is -0.436 e. The number of benzene rings is 4. The highest BCUT2D eigenvalue weighted by Gasteiger charge is 2.16. The molecule has 6 aromatic rings. The van der Waals surface area contributed by atoms with Gasteiger partial charge in [0.15, 0.2) is 5.58 Å². The van der Waals surface area contributed by atoms with Gasteiger partial charge in [-0.05, 0) is 29.8 Å². The van der Waals surface area contributed by atoms with E-state index in [0.717, 1.165) is 22.2 Å². The van der Waals surface area contributed by atoms with E-state index in [0.29, 0.717) is 5.89 Å². The van der Waals surface area contributed by atoms with Crippen molar-refractivity contribution in [3.8, 4) is 22.6 Å². The summed E-state index contributed by atoms with van der Waals surface area (Å²) in [5, 5.41) is 2.61. The van der Waals surface area contributed by atoms with Gasteiger partial charge in [0.25, 0.3) is 0 Å². The lowest BCUT2D eigenvalue weighted by atomic mass is 9.98. The van der Waals surface area contributed by atoms with Crippen LogP contribution in [0.5, 0.6) is 0 Å². The monoisotopic (exact) mass is 377 g/mol. The summed E-state index contributed by atoms with van der Waals surface area (Å²) in [6.45, 7) is 0. The molecule has 0 aliphatic rings. The molecule has 3 heteroatoms. The van der Waals surface area contributed by atoms with Crippen LogP contribution < -0.4 is 0 Å². The Morgan fingerprint density at radius 2 is 1.32 bits per heavy atom. The highest BCUT2D eigenvalue weighted by Crippen LogP contribution is 2.42.